The van der Waals surface area contributed by atoms with Crippen molar-refractivity contribution in [2.24, 2.45) is 0 Å². The van der Waals surface area contributed by atoms with Crippen molar-refractivity contribution in [2.45, 2.75) is 20.0 Å². The summed E-state index contributed by atoms with van der Waals surface area (Å²) in [5.74, 6) is 0.248. The van der Waals surface area contributed by atoms with Gasteiger partial charge in [-0.15, -0.1) is 0 Å². The van der Waals surface area contributed by atoms with Gasteiger partial charge in [-0.2, -0.15) is 10.2 Å². The number of carbonyl (C=O) groups is 1. The lowest BCUT2D eigenvalue weighted by Gasteiger charge is -2.04. The van der Waals surface area contributed by atoms with Crippen molar-refractivity contribution >= 4 is 50.9 Å². The third-order valence-corrected chi connectivity index (χ3v) is 4.70. The maximum Gasteiger partial charge on any atom is 0.247 e. The molecule has 130 valence electrons. The third kappa shape index (κ3) is 4.62. The van der Waals surface area contributed by atoms with Crippen LogP contribution >= 0.6 is 39.1 Å². The minimum absolute atomic E-state index is 0.125. The lowest BCUT2D eigenvalue weighted by Crippen LogP contribution is -2.19. The van der Waals surface area contributed by atoms with Crippen molar-refractivity contribution < 1.29 is 4.79 Å². The van der Waals surface area contributed by atoms with E-state index in [-0.39, 0.29) is 12.5 Å². The Kier molecular flexibility index (Phi) is 5.46. The highest BCUT2D eigenvalue weighted by atomic mass is 79.9. The Morgan fingerprint density at radius 2 is 2.00 bits per heavy atom. The first-order valence-electron chi connectivity index (χ1n) is 7.37. The molecule has 9 heteroatoms. The van der Waals surface area contributed by atoms with E-state index in [4.69, 9.17) is 23.2 Å². The van der Waals surface area contributed by atoms with Gasteiger partial charge in [-0.25, -0.2) is 0 Å². The topological polar surface area (TPSA) is 64.7 Å². The summed E-state index contributed by atoms with van der Waals surface area (Å²) >= 11 is 15.4. The van der Waals surface area contributed by atoms with E-state index in [1.54, 1.807) is 33.9 Å². The maximum atomic E-state index is 12.1. The number of anilines is 1. The number of rotatable bonds is 5. The van der Waals surface area contributed by atoms with Crippen molar-refractivity contribution in [2.75, 3.05) is 5.32 Å². The van der Waals surface area contributed by atoms with Crippen LogP contribution in [0.4, 0.5) is 5.82 Å². The van der Waals surface area contributed by atoms with E-state index < -0.39 is 0 Å². The van der Waals surface area contributed by atoms with Crippen LogP contribution < -0.4 is 5.32 Å². The molecule has 0 spiro atoms. The van der Waals surface area contributed by atoms with Crippen molar-refractivity contribution in [3.8, 4) is 0 Å². The summed E-state index contributed by atoms with van der Waals surface area (Å²) in [6.07, 6.45) is 3.54. The number of nitrogens with zero attached hydrogens (tertiary/aromatic N) is 4. The maximum absolute atomic E-state index is 12.1. The van der Waals surface area contributed by atoms with Gasteiger partial charge in [-0.1, -0.05) is 29.3 Å². The summed E-state index contributed by atoms with van der Waals surface area (Å²) in [5.41, 5.74) is 1.81. The average Bonchev–Trinajstić information content (AvgIpc) is 3.09. The number of aromatic nitrogens is 4. The summed E-state index contributed by atoms with van der Waals surface area (Å²) in [6, 6.07) is 7.25. The number of aryl methyl sites for hydroxylation is 1. The van der Waals surface area contributed by atoms with Crippen LogP contribution in [-0.4, -0.2) is 25.5 Å². The van der Waals surface area contributed by atoms with Gasteiger partial charge in [0.1, 0.15) is 6.54 Å². The van der Waals surface area contributed by atoms with Crippen LogP contribution in [0, 0.1) is 6.92 Å². The van der Waals surface area contributed by atoms with Crippen molar-refractivity contribution in [1.82, 2.24) is 19.6 Å². The average molecular weight is 443 g/mol. The van der Waals surface area contributed by atoms with Crippen LogP contribution in [0.5, 0.6) is 0 Å². The van der Waals surface area contributed by atoms with Crippen LogP contribution in [0.1, 0.15) is 11.3 Å². The first-order chi connectivity index (χ1) is 11.9. The first-order valence-corrected chi connectivity index (χ1v) is 8.92. The molecule has 0 saturated carbocycles. The highest BCUT2D eigenvalue weighted by Crippen LogP contribution is 2.24. The molecule has 1 aromatic carbocycles. The molecule has 1 N–H and O–H groups in total. The number of carbonyl (C=O) groups excluding carboxylic acids is 1. The zero-order valence-corrected chi connectivity index (χ0v) is 16.3. The Morgan fingerprint density at radius 3 is 2.68 bits per heavy atom. The van der Waals surface area contributed by atoms with Crippen LogP contribution in [0.2, 0.25) is 10.0 Å². The monoisotopic (exact) mass is 441 g/mol. The van der Waals surface area contributed by atoms with Gasteiger partial charge < -0.3 is 5.32 Å². The van der Waals surface area contributed by atoms with Crippen LogP contribution in [0.25, 0.3) is 0 Å². The molecule has 0 aliphatic carbocycles. The molecule has 0 atom stereocenters. The molecule has 0 aliphatic heterocycles. The van der Waals surface area contributed by atoms with Gasteiger partial charge in [0, 0.05) is 12.4 Å². The molecule has 0 fully saturated rings. The lowest BCUT2D eigenvalue weighted by molar-refractivity contribution is -0.116. The first kappa shape index (κ1) is 18.0. The van der Waals surface area contributed by atoms with E-state index in [2.05, 4.69) is 31.4 Å². The van der Waals surface area contributed by atoms with Crippen molar-refractivity contribution in [3.05, 3.63) is 62.4 Å². The van der Waals surface area contributed by atoms with Gasteiger partial charge in [0.05, 0.1) is 26.8 Å². The molecule has 0 saturated heterocycles. The predicted molar refractivity (Wildman–Crippen MR) is 101 cm³/mol. The van der Waals surface area contributed by atoms with Gasteiger partial charge in [0.15, 0.2) is 5.82 Å². The quantitative estimate of drug-likeness (QED) is 0.645. The van der Waals surface area contributed by atoms with Crippen molar-refractivity contribution in [3.63, 3.8) is 0 Å². The highest BCUT2D eigenvalue weighted by Gasteiger charge is 2.12. The van der Waals surface area contributed by atoms with E-state index in [1.165, 1.54) is 0 Å². The second kappa shape index (κ2) is 7.59. The summed E-state index contributed by atoms with van der Waals surface area (Å²) < 4.78 is 3.97. The smallest absolute Gasteiger partial charge is 0.247 e. The largest absolute Gasteiger partial charge is 0.307 e. The SMILES string of the molecule is Cc1ccn(CC(=O)Nc2nn(Cc3ccc(Cl)c(Cl)c3)cc2Br)n1. The Bertz CT molecular complexity index is 921. The molecule has 25 heavy (non-hydrogen) atoms. The summed E-state index contributed by atoms with van der Waals surface area (Å²) in [7, 11) is 0. The number of amides is 1. The minimum Gasteiger partial charge on any atom is -0.307 e. The fourth-order valence-electron chi connectivity index (χ4n) is 2.26. The number of hydrogen-bond acceptors (Lipinski definition) is 3. The fourth-order valence-corrected chi connectivity index (χ4v) is 2.99. The van der Waals surface area contributed by atoms with Crippen LogP contribution in [0.3, 0.4) is 0 Å². The zero-order valence-electron chi connectivity index (χ0n) is 13.2. The van der Waals surface area contributed by atoms with Gasteiger partial charge in [0.2, 0.25) is 5.91 Å². The molecule has 0 bridgehead atoms. The molecule has 1 amide bonds. The van der Waals surface area contributed by atoms with E-state index in [0.717, 1.165) is 11.3 Å². The Hall–Kier alpha value is -1.83. The lowest BCUT2D eigenvalue weighted by atomic mass is 10.2. The Morgan fingerprint density at radius 1 is 1.20 bits per heavy atom. The second-order valence-electron chi connectivity index (χ2n) is 5.47. The molecular weight excluding hydrogens is 429 g/mol. The number of nitrogens with one attached hydrogen (secondary N) is 1. The standard InChI is InChI=1S/C16H14BrCl2N5O/c1-10-4-5-23(21-10)9-15(25)20-16-12(17)8-24(22-16)7-11-2-3-13(18)14(19)6-11/h2-6,8H,7,9H2,1H3,(H,20,22,25). The van der Waals surface area contributed by atoms with Crippen LogP contribution in [0.15, 0.2) is 41.1 Å². The Balaban J connectivity index is 1.67. The summed E-state index contributed by atoms with van der Waals surface area (Å²) in [5, 5.41) is 12.3. The van der Waals surface area contributed by atoms with Crippen molar-refractivity contribution in [1.29, 1.82) is 0 Å². The third-order valence-electron chi connectivity index (χ3n) is 3.38. The molecule has 0 radical (unpaired) electrons. The van der Waals surface area contributed by atoms with E-state index in [0.29, 0.717) is 26.9 Å². The van der Waals surface area contributed by atoms with Gasteiger partial charge in [-0.3, -0.25) is 14.2 Å². The fraction of sp³-hybridized carbons (Fsp3) is 0.188. The van der Waals surface area contributed by atoms with E-state index >= 15 is 0 Å². The molecule has 3 aromatic rings. The molecular formula is C16H14BrCl2N5O. The second-order valence-corrected chi connectivity index (χ2v) is 7.14. The number of benzene rings is 1. The summed E-state index contributed by atoms with van der Waals surface area (Å²) in [6.45, 7) is 2.50. The zero-order chi connectivity index (χ0) is 18.0. The van der Waals surface area contributed by atoms with Gasteiger partial charge in [-0.05, 0) is 46.6 Å². The molecule has 0 unspecified atom stereocenters. The molecule has 0 aliphatic rings. The number of hydrogen-bond donors (Lipinski definition) is 1. The predicted octanol–water partition coefficient (Wildman–Crippen LogP) is 4.14. The van der Waals surface area contributed by atoms with Crippen LogP contribution in [-0.2, 0) is 17.9 Å². The molecule has 2 aromatic heterocycles. The molecule has 3 rings (SSSR count). The number of halogens is 3. The Labute approximate surface area is 162 Å². The molecule has 6 nitrogen and oxygen atoms in total. The summed E-state index contributed by atoms with van der Waals surface area (Å²) in [4.78, 5) is 12.1. The van der Waals surface area contributed by atoms with Gasteiger partial charge in [0.25, 0.3) is 0 Å². The highest BCUT2D eigenvalue weighted by molar-refractivity contribution is 9.10. The van der Waals surface area contributed by atoms with E-state index in [9.17, 15) is 4.79 Å². The normalized spacial score (nSPS) is 10.9. The minimum atomic E-state index is -0.205. The molecule has 2 heterocycles. The van der Waals surface area contributed by atoms with Gasteiger partial charge >= 0.3 is 0 Å². The van der Waals surface area contributed by atoms with E-state index in [1.807, 2.05) is 19.1 Å².